The van der Waals surface area contributed by atoms with Gasteiger partial charge >= 0.3 is 0 Å². The van der Waals surface area contributed by atoms with Gasteiger partial charge in [0.15, 0.2) is 10.8 Å². The van der Waals surface area contributed by atoms with Gasteiger partial charge in [-0.15, -0.1) is 0 Å². The van der Waals surface area contributed by atoms with Gasteiger partial charge in [-0.1, -0.05) is 0 Å². The van der Waals surface area contributed by atoms with Crippen LogP contribution in [0, 0.1) is 5.92 Å². The van der Waals surface area contributed by atoms with Gasteiger partial charge in [-0.2, -0.15) is 4.72 Å². The second kappa shape index (κ2) is 8.87. The molecule has 1 N–H and O–H groups in total. The Morgan fingerprint density at radius 2 is 2.00 bits per heavy atom. The molecule has 1 unspecified atom stereocenters. The zero-order valence-corrected chi connectivity index (χ0v) is 18.0. The van der Waals surface area contributed by atoms with E-state index in [1.807, 2.05) is 24.3 Å². The van der Waals surface area contributed by atoms with Crippen LogP contribution in [-0.4, -0.2) is 54.5 Å². The van der Waals surface area contributed by atoms with Crippen molar-refractivity contribution in [1.82, 2.24) is 19.2 Å². The maximum Gasteiger partial charge on any atom is 0.260 e. The first-order valence-corrected chi connectivity index (χ1v) is 11.9. The highest BCUT2D eigenvalue weighted by molar-refractivity contribution is 7.89. The first-order valence-electron chi connectivity index (χ1n) is 10.4. The highest BCUT2D eigenvalue weighted by Gasteiger charge is 2.31. The van der Waals surface area contributed by atoms with Crippen LogP contribution in [0.2, 0.25) is 0 Å². The van der Waals surface area contributed by atoms with Gasteiger partial charge in [0.2, 0.25) is 0 Å². The minimum atomic E-state index is -3.62. The van der Waals surface area contributed by atoms with E-state index in [1.54, 1.807) is 11.6 Å². The lowest BCUT2D eigenvalue weighted by Gasteiger charge is -2.24. The summed E-state index contributed by atoms with van der Waals surface area (Å²) >= 11 is 0. The highest BCUT2D eigenvalue weighted by Crippen LogP contribution is 2.32. The summed E-state index contributed by atoms with van der Waals surface area (Å²) in [6.07, 6.45) is 7.29. The number of ketones is 1. The summed E-state index contributed by atoms with van der Waals surface area (Å²) in [6.45, 7) is 2.13. The van der Waals surface area contributed by atoms with Gasteiger partial charge in [-0.3, -0.25) is 9.69 Å². The van der Waals surface area contributed by atoms with E-state index in [9.17, 15) is 13.2 Å². The van der Waals surface area contributed by atoms with E-state index in [1.165, 1.54) is 12.5 Å². The normalized spacial score (nSPS) is 19.8. The number of Topliss-reactive ketones (excluding diaryl/α,β-unsaturated/α-hetero) is 1. The molecule has 1 saturated carbocycles. The second-order valence-corrected chi connectivity index (χ2v) is 9.72. The topological polar surface area (TPSA) is 93.5 Å². The largest absolute Gasteiger partial charge is 0.494 e. The van der Waals surface area contributed by atoms with E-state index in [0.717, 1.165) is 56.5 Å². The highest BCUT2D eigenvalue weighted by atomic mass is 32.2. The Morgan fingerprint density at radius 1 is 1.23 bits per heavy atom. The predicted molar refractivity (Wildman–Crippen MR) is 112 cm³/mol. The van der Waals surface area contributed by atoms with Gasteiger partial charge in [-0.05, 0) is 62.9 Å². The molecule has 1 atom stereocenters. The van der Waals surface area contributed by atoms with Crippen LogP contribution in [0.1, 0.15) is 42.5 Å². The quantitative estimate of drug-likeness (QED) is 0.457. The number of nitrogens with one attached hydrogen (secondary N) is 1. The van der Waals surface area contributed by atoms with E-state index in [0.29, 0.717) is 6.61 Å². The van der Waals surface area contributed by atoms with Crippen LogP contribution in [0.15, 0.2) is 41.8 Å². The molecular formula is C21H28N4O4S. The molecule has 1 aromatic carbocycles. The SMILES string of the molecule is Cn1cnc(S(=O)(=O)NC2CCCN2CCCOc2ccc(C(=O)C3CC3)cc2)c1. The fourth-order valence-corrected chi connectivity index (χ4v) is 4.99. The van der Waals surface area contributed by atoms with Crippen molar-refractivity contribution < 1.29 is 17.9 Å². The van der Waals surface area contributed by atoms with E-state index < -0.39 is 10.0 Å². The summed E-state index contributed by atoms with van der Waals surface area (Å²) < 4.78 is 35.2. The van der Waals surface area contributed by atoms with Crippen molar-refractivity contribution in [2.24, 2.45) is 13.0 Å². The fourth-order valence-electron chi connectivity index (χ4n) is 3.75. The molecule has 2 aliphatic rings. The molecular weight excluding hydrogens is 404 g/mol. The van der Waals surface area contributed by atoms with E-state index >= 15 is 0 Å². The smallest absolute Gasteiger partial charge is 0.260 e. The van der Waals surface area contributed by atoms with Crippen LogP contribution in [-0.2, 0) is 17.1 Å². The molecule has 1 aliphatic carbocycles. The minimum Gasteiger partial charge on any atom is -0.494 e. The van der Waals surface area contributed by atoms with Crippen LogP contribution < -0.4 is 9.46 Å². The molecule has 1 saturated heterocycles. The van der Waals surface area contributed by atoms with Crippen LogP contribution in [0.4, 0.5) is 0 Å². The van der Waals surface area contributed by atoms with Gasteiger partial charge in [0.05, 0.1) is 19.1 Å². The van der Waals surface area contributed by atoms with Crippen molar-refractivity contribution >= 4 is 15.8 Å². The predicted octanol–water partition coefficient (Wildman–Crippen LogP) is 2.18. The number of sulfonamides is 1. The molecule has 2 aromatic rings. The summed E-state index contributed by atoms with van der Waals surface area (Å²) in [6, 6.07) is 7.35. The number of benzene rings is 1. The molecule has 2 fully saturated rings. The van der Waals surface area contributed by atoms with Crippen molar-refractivity contribution in [1.29, 1.82) is 0 Å². The van der Waals surface area contributed by atoms with E-state index in [-0.39, 0.29) is 22.9 Å². The summed E-state index contributed by atoms with van der Waals surface area (Å²) in [5.41, 5.74) is 0.755. The molecule has 0 amide bonds. The summed E-state index contributed by atoms with van der Waals surface area (Å²) in [5, 5.41) is 0.0452. The molecule has 8 nitrogen and oxygen atoms in total. The number of nitrogens with zero attached hydrogens (tertiary/aromatic N) is 3. The molecule has 0 radical (unpaired) electrons. The fraction of sp³-hybridized carbons (Fsp3) is 0.524. The van der Waals surface area contributed by atoms with Crippen molar-refractivity contribution in [2.75, 3.05) is 19.7 Å². The van der Waals surface area contributed by atoms with Crippen LogP contribution >= 0.6 is 0 Å². The standard InChI is InChI=1S/C21H28N4O4S/c1-24-14-20(22-15-24)30(27,28)23-19-4-2-11-25(19)12-3-13-29-18-9-7-17(8-10-18)21(26)16-5-6-16/h7-10,14-16,19,23H,2-6,11-13H2,1H3. The molecule has 9 heteroatoms. The maximum atomic E-state index is 12.5. The van der Waals surface area contributed by atoms with Crippen molar-refractivity contribution in [3.8, 4) is 5.75 Å². The summed E-state index contributed by atoms with van der Waals surface area (Å²) in [5.74, 6) is 1.20. The first-order chi connectivity index (χ1) is 14.4. The van der Waals surface area contributed by atoms with E-state index in [2.05, 4.69) is 14.6 Å². The van der Waals surface area contributed by atoms with Crippen LogP contribution in [0.25, 0.3) is 0 Å². The van der Waals surface area contributed by atoms with Gasteiger partial charge in [0.1, 0.15) is 5.75 Å². The number of aromatic nitrogens is 2. The van der Waals surface area contributed by atoms with Gasteiger partial charge in [0, 0.05) is 31.3 Å². The Morgan fingerprint density at radius 3 is 2.67 bits per heavy atom. The molecule has 1 aliphatic heterocycles. The Hall–Kier alpha value is -2.23. The molecule has 0 bridgehead atoms. The monoisotopic (exact) mass is 432 g/mol. The number of imidazole rings is 1. The van der Waals surface area contributed by atoms with Crippen molar-refractivity contribution in [2.45, 2.75) is 43.3 Å². The average Bonchev–Trinajstić information content (AvgIpc) is 3.34. The van der Waals surface area contributed by atoms with Gasteiger partial charge < -0.3 is 9.30 Å². The van der Waals surface area contributed by atoms with Gasteiger partial charge in [0.25, 0.3) is 10.0 Å². The first kappa shape index (κ1) is 21.0. The van der Waals surface area contributed by atoms with Crippen LogP contribution in [0.3, 0.4) is 0 Å². The third-order valence-electron chi connectivity index (χ3n) is 5.56. The number of carbonyl (C=O) groups is 1. The third kappa shape index (κ3) is 5.08. The number of carbonyl (C=O) groups excluding carboxylic acids is 1. The molecule has 30 heavy (non-hydrogen) atoms. The number of rotatable bonds is 10. The second-order valence-electron chi connectivity index (χ2n) is 8.06. The van der Waals surface area contributed by atoms with Crippen molar-refractivity contribution in [3.05, 3.63) is 42.4 Å². The molecule has 0 spiro atoms. The van der Waals surface area contributed by atoms with Crippen molar-refractivity contribution in [3.63, 3.8) is 0 Å². The third-order valence-corrected chi connectivity index (χ3v) is 6.90. The Bertz CT molecular complexity index is 983. The number of likely N-dealkylation sites (tertiary alicyclic amines) is 1. The lowest BCUT2D eigenvalue weighted by Crippen LogP contribution is -2.44. The maximum absolute atomic E-state index is 12.5. The lowest BCUT2D eigenvalue weighted by molar-refractivity contribution is 0.0967. The molecule has 2 heterocycles. The molecule has 1 aromatic heterocycles. The Balaban J connectivity index is 1.23. The molecule has 4 rings (SSSR count). The number of hydrogen-bond donors (Lipinski definition) is 1. The zero-order chi connectivity index (χ0) is 21.1. The zero-order valence-electron chi connectivity index (χ0n) is 17.2. The molecule has 162 valence electrons. The van der Waals surface area contributed by atoms with Crippen LogP contribution in [0.5, 0.6) is 5.75 Å². The number of ether oxygens (including phenoxy) is 1. The summed E-state index contributed by atoms with van der Waals surface area (Å²) in [7, 11) is -1.88. The Labute approximate surface area is 177 Å². The number of aryl methyl sites for hydroxylation is 1. The average molecular weight is 433 g/mol. The lowest BCUT2D eigenvalue weighted by atomic mass is 10.1. The van der Waals surface area contributed by atoms with E-state index in [4.69, 9.17) is 4.74 Å². The number of hydrogen-bond acceptors (Lipinski definition) is 6. The summed E-state index contributed by atoms with van der Waals surface area (Å²) in [4.78, 5) is 18.1. The van der Waals surface area contributed by atoms with Gasteiger partial charge in [-0.25, -0.2) is 13.4 Å². The Kier molecular flexibility index (Phi) is 6.21. The minimum absolute atomic E-state index is 0.0452.